The van der Waals surface area contributed by atoms with Crippen molar-refractivity contribution < 1.29 is 9.47 Å². The average Bonchev–Trinajstić information content (AvgIpc) is 3.42. The molecule has 4 rings (SSSR count). The maximum absolute atomic E-state index is 7.79. The molecule has 2 aromatic rings. The standard InChI is InChI=1S/C20H28ClN7O2/c1-2-30-19-15-5-6-23-18(15)26-20(27-19)25-16(12-22)17(21)24-13-3-4-14(11-13)28-7-9-29-10-8-28/h5-6,12-14,22,24H,2-4,7-11H2,1H3,(H2,23,25,26,27)/b17-16+,22-12?. The summed E-state index contributed by atoms with van der Waals surface area (Å²) in [7, 11) is 0. The van der Waals surface area contributed by atoms with Crippen LogP contribution < -0.4 is 15.4 Å². The minimum atomic E-state index is 0.271. The number of hydrogen-bond donors (Lipinski definition) is 4. The SMILES string of the molecule is CCOc1nc(N/C(C=N)=C(\Cl)NC2CCC(N3CCOCC3)C2)nc2[nH]ccc12. The number of aromatic amines is 1. The average molecular weight is 434 g/mol. The van der Waals surface area contributed by atoms with Crippen LogP contribution in [0.3, 0.4) is 0 Å². The highest BCUT2D eigenvalue weighted by atomic mass is 35.5. The van der Waals surface area contributed by atoms with Crippen molar-refractivity contribution in [3.8, 4) is 5.88 Å². The smallest absolute Gasteiger partial charge is 0.232 e. The van der Waals surface area contributed by atoms with Gasteiger partial charge < -0.3 is 30.5 Å². The Morgan fingerprint density at radius 1 is 1.40 bits per heavy atom. The molecule has 2 aromatic heterocycles. The minimum Gasteiger partial charge on any atom is -0.477 e. The first-order valence-electron chi connectivity index (χ1n) is 10.4. The first-order chi connectivity index (χ1) is 14.7. The number of ether oxygens (including phenoxy) is 2. The van der Waals surface area contributed by atoms with E-state index in [-0.39, 0.29) is 6.04 Å². The van der Waals surface area contributed by atoms with E-state index in [1.54, 1.807) is 6.20 Å². The van der Waals surface area contributed by atoms with Gasteiger partial charge in [-0.2, -0.15) is 9.97 Å². The Labute approximate surface area is 180 Å². The zero-order chi connectivity index (χ0) is 20.9. The molecule has 10 heteroatoms. The molecule has 1 aliphatic heterocycles. The highest BCUT2D eigenvalue weighted by molar-refractivity contribution is 6.31. The zero-order valence-corrected chi connectivity index (χ0v) is 17.8. The van der Waals surface area contributed by atoms with Gasteiger partial charge in [-0.3, -0.25) is 4.90 Å². The first kappa shape index (κ1) is 20.9. The lowest BCUT2D eigenvalue weighted by Gasteiger charge is -2.32. The second-order valence-electron chi connectivity index (χ2n) is 7.48. The van der Waals surface area contributed by atoms with E-state index in [9.17, 15) is 0 Å². The summed E-state index contributed by atoms with van der Waals surface area (Å²) in [5.74, 6) is 0.813. The molecule has 2 fully saturated rings. The van der Waals surface area contributed by atoms with Gasteiger partial charge in [-0.1, -0.05) is 11.6 Å². The number of anilines is 1. The van der Waals surface area contributed by atoms with Gasteiger partial charge in [0.2, 0.25) is 11.8 Å². The van der Waals surface area contributed by atoms with Crippen LogP contribution in [0.2, 0.25) is 0 Å². The maximum atomic E-state index is 7.79. The summed E-state index contributed by atoms with van der Waals surface area (Å²) in [5.41, 5.74) is 1.08. The van der Waals surface area contributed by atoms with E-state index in [0.717, 1.165) is 51.0 Å². The van der Waals surface area contributed by atoms with Gasteiger partial charge in [0.05, 0.1) is 30.9 Å². The summed E-state index contributed by atoms with van der Waals surface area (Å²) in [6, 6.07) is 2.70. The Balaban J connectivity index is 1.44. The molecule has 2 atom stereocenters. The fourth-order valence-electron chi connectivity index (χ4n) is 4.11. The molecule has 3 heterocycles. The minimum absolute atomic E-state index is 0.271. The molecule has 0 spiro atoms. The third-order valence-electron chi connectivity index (χ3n) is 5.59. The number of fused-ring (bicyclic) bond motifs is 1. The Kier molecular flexibility index (Phi) is 6.71. The van der Waals surface area contributed by atoms with E-state index in [1.165, 1.54) is 6.21 Å². The molecule has 4 N–H and O–H groups in total. The molecular weight excluding hydrogens is 406 g/mol. The summed E-state index contributed by atoms with van der Waals surface area (Å²) in [5, 5.41) is 15.4. The maximum Gasteiger partial charge on any atom is 0.232 e. The normalized spacial score (nSPS) is 23.3. The molecule has 162 valence electrons. The van der Waals surface area contributed by atoms with E-state index in [2.05, 4.69) is 30.5 Å². The van der Waals surface area contributed by atoms with Crippen molar-refractivity contribution in [1.29, 1.82) is 5.41 Å². The van der Waals surface area contributed by atoms with Crippen molar-refractivity contribution in [2.45, 2.75) is 38.3 Å². The van der Waals surface area contributed by atoms with Crippen LogP contribution in [0.5, 0.6) is 5.88 Å². The van der Waals surface area contributed by atoms with E-state index in [4.69, 9.17) is 26.5 Å². The van der Waals surface area contributed by atoms with Crippen molar-refractivity contribution in [3.63, 3.8) is 0 Å². The van der Waals surface area contributed by atoms with E-state index in [1.807, 2.05) is 13.0 Å². The van der Waals surface area contributed by atoms with Gasteiger partial charge in [0.1, 0.15) is 10.8 Å². The van der Waals surface area contributed by atoms with Crippen molar-refractivity contribution in [1.82, 2.24) is 25.2 Å². The lowest BCUT2D eigenvalue weighted by molar-refractivity contribution is 0.0176. The second kappa shape index (κ2) is 9.63. The highest BCUT2D eigenvalue weighted by Gasteiger charge is 2.30. The number of hydrogen-bond acceptors (Lipinski definition) is 8. The van der Waals surface area contributed by atoms with Crippen molar-refractivity contribution >= 4 is 34.8 Å². The molecule has 0 bridgehead atoms. The van der Waals surface area contributed by atoms with Gasteiger partial charge in [0.25, 0.3) is 0 Å². The molecule has 0 radical (unpaired) electrons. The van der Waals surface area contributed by atoms with Crippen molar-refractivity contribution in [2.75, 3.05) is 38.2 Å². The number of nitrogens with zero attached hydrogens (tertiary/aromatic N) is 3. The predicted molar refractivity (Wildman–Crippen MR) is 117 cm³/mol. The quantitative estimate of drug-likeness (QED) is 0.374. The molecule has 1 saturated carbocycles. The van der Waals surface area contributed by atoms with Crippen molar-refractivity contribution in [2.24, 2.45) is 0 Å². The number of nitrogens with one attached hydrogen (secondary N) is 4. The Morgan fingerprint density at radius 2 is 2.23 bits per heavy atom. The van der Waals surface area contributed by atoms with Crippen LogP contribution in [0.1, 0.15) is 26.2 Å². The summed E-state index contributed by atoms with van der Waals surface area (Å²) in [6.07, 6.45) is 6.17. The fraction of sp³-hybridized carbons (Fsp3) is 0.550. The number of rotatable bonds is 8. The van der Waals surface area contributed by atoms with Crippen molar-refractivity contribution in [3.05, 3.63) is 23.1 Å². The third-order valence-corrected chi connectivity index (χ3v) is 5.90. The first-order valence-corrected chi connectivity index (χ1v) is 10.8. The molecule has 0 amide bonds. The monoisotopic (exact) mass is 433 g/mol. The van der Waals surface area contributed by atoms with E-state index < -0.39 is 0 Å². The lowest BCUT2D eigenvalue weighted by Crippen LogP contribution is -2.43. The zero-order valence-electron chi connectivity index (χ0n) is 17.1. The van der Waals surface area contributed by atoms with E-state index >= 15 is 0 Å². The summed E-state index contributed by atoms with van der Waals surface area (Å²) in [4.78, 5) is 14.5. The van der Waals surface area contributed by atoms with Gasteiger partial charge in [-0.05, 0) is 32.3 Å². The van der Waals surface area contributed by atoms with Gasteiger partial charge in [-0.15, -0.1) is 0 Å². The van der Waals surface area contributed by atoms with E-state index in [0.29, 0.717) is 41.0 Å². The topological polar surface area (TPSA) is 111 Å². The lowest BCUT2D eigenvalue weighted by atomic mass is 10.2. The van der Waals surface area contributed by atoms with Crippen LogP contribution in [-0.2, 0) is 4.74 Å². The number of H-pyrrole nitrogens is 1. The predicted octanol–water partition coefficient (Wildman–Crippen LogP) is 2.67. The third kappa shape index (κ3) is 4.69. The van der Waals surface area contributed by atoms with Crippen LogP contribution in [0.15, 0.2) is 23.1 Å². The molecule has 1 aliphatic carbocycles. The van der Waals surface area contributed by atoms with Crippen LogP contribution in [0.25, 0.3) is 11.0 Å². The Morgan fingerprint density at radius 3 is 3.00 bits per heavy atom. The molecule has 9 nitrogen and oxygen atoms in total. The van der Waals surface area contributed by atoms with Gasteiger partial charge in [0, 0.05) is 37.6 Å². The molecule has 2 unspecified atom stereocenters. The Bertz CT molecular complexity index is 910. The van der Waals surface area contributed by atoms with Gasteiger partial charge in [0.15, 0.2) is 0 Å². The van der Waals surface area contributed by atoms with Gasteiger partial charge in [-0.25, -0.2) is 0 Å². The van der Waals surface area contributed by atoms with Crippen LogP contribution in [-0.4, -0.2) is 71.1 Å². The number of morpholine rings is 1. The summed E-state index contributed by atoms with van der Waals surface area (Å²) >= 11 is 6.54. The Hall–Kier alpha value is -2.36. The summed E-state index contributed by atoms with van der Waals surface area (Å²) in [6.45, 7) is 6.02. The second-order valence-corrected chi connectivity index (χ2v) is 7.86. The van der Waals surface area contributed by atoms with Crippen LogP contribution in [0.4, 0.5) is 5.95 Å². The highest BCUT2D eigenvalue weighted by Crippen LogP contribution is 2.27. The molecule has 1 saturated heterocycles. The number of allylic oxidation sites excluding steroid dienone is 1. The molecule has 2 aliphatic rings. The van der Waals surface area contributed by atoms with Crippen LogP contribution in [0, 0.1) is 5.41 Å². The fourth-order valence-corrected chi connectivity index (χ4v) is 4.37. The van der Waals surface area contributed by atoms with Crippen LogP contribution >= 0.6 is 11.6 Å². The molecule has 30 heavy (non-hydrogen) atoms. The molecule has 0 aromatic carbocycles. The number of aromatic nitrogens is 3. The van der Waals surface area contributed by atoms with Gasteiger partial charge >= 0.3 is 0 Å². The molecular formula is C20H28ClN7O2. The number of halogens is 1. The summed E-state index contributed by atoms with van der Waals surface area (Å²) < 4.78 is 11.1. The largest absolute Gasteiger partial charge is 0.477 e.